The minimum absolute atomic E-state index is 0.0256. The number of H-pyrrole nitrogens is 1. The first-order valence-corrected chi connectivity index (χ1v) is 8.51. The number of aromatic carboxylic acids is 1. The highest BCUT2D eigenvalue weighted by molar-refractivity contribution is 6.04. The van der Waals surface area contributed by atoms with Crippen molar-refractivity contribution in [2.45, 2.75) is 25.8 Å². The third-order valence-corrected chi connectivity index (χ3v) is 4.45. The van der Waals surface area contributed by atoms with Crippen molar-refractivity contribution in [3.63, 3.8) is 0 Å². The Bertz CT molecular complexity index is 1000. The van der Waals surface area contributed by atoms with E-state index in [1.165, 1.54) is 6.07 Å². The van der Waals surface area contributed by atoms with Gasteiger partial charge in [0.2, 0.25) is 5.89 Å². The van der Waals surface area contributed by atoms with Gasteiger partial charge in [-0.3, -0.25) is 4.79 Å². The number of carbonyl (C=O) groups excluding carboxylic acids is 1. The summed E-state index contributed by atoms with van der Waals surface area (Å²) in [6, 6.07) is 1.00. The van der Waals surface area contributed by atoms with Crippen LogP contribution in [0.4, 0.5) is 0 Å². The fourth-order valence-electron chi connectivity index (χ4n) is 3.02. The largest absolute Gasteiger partial charge is 0.477 e. The summed E-state index contributed by atoms with van der Waals surface area (Å²) >= 11 is 0. The molecule has 2 N–H and O–H groups in total. The number of nitrogens with zero attached hydrogens (tertiary/aromatic N) is 3. The van der Waals surface area contributed by atoms with E-state index in [0.29, 0.717) is 30.4 Å². The van der Waals surface area contributed by atoms with Crippen molar-refractivity contribution in [1.82, 2.24) is 20.0 Å². The molecule has 4 rings (SSSR count). The number of carbonyl (C=O) groups is 2. The van der Waals surface area contributed by atoms with Gasteiger partial charge in [-0.25, -0.2) is 4.79 Å². The van der Waals surface area contributed by atoms with Crippen LogP contribution in [0.1, 0.15) is 58.4 Å². The Morgan fingerprint density at radius 2 is 2.22 bits per heavy atom. The third kappa shape index (κ3) is 2.97. The summed E-state index contributed by atoms with van der Waals surface area (Å²) in [5.74, 6) is -0.502. The van der Waals surface area contributed by atoms with Crippen LogP contribution in [0.2, 0.25) is 0 Å². The van der Waals surface area contributed by atoms with E-state index in [1.807, 2.05) is 13.8 Å². The molecule has 10 nitrogen and oxygen atoms in total. The van der Waals surface area contributed by atoms with Crippen molar-refractivity contribution in [1.29, 1.82) is 0 Å². The Balaban J connectivity index is 1.65. The average molecular weight is 374 g/mol. The van der Waals surface area contributed by atoms with Gasteiger partial charge >= 0.3 is 5.97 Å². The van der Waals surface area contributed by atoms with Crippen LogP contribution in [0.15, 0.2) is 21.3 Å². The molecule has 0 aliphatic carbocycles. The first-order valence-electron chi connectivity index (χ1n) is 8.51. The van der Waals surface area contributed by atoms with Crippen LogP contribution in [-0.4, -0.2) is 56.8 Å². The minimum atomic E-state index is -1.13. The van der Waals surface area contributed by atoms with Crippen LogP contribution >= 0.6 is 0 Å². The molecule has 0 bridgehead atoms. The number of ether oxygens (including phenoxy) is 1. The topological polar surface area (TPSA) is 135 Å². The number of carboxylic acid groups (broad SMARTS) is 1. The lowest BCUT2D eigenvalue weighted by Crippen LogP contribution is -2.44. The van der Waals surface area contributed by atoms with Gasteiger partial charge in [0.1, 0.15) is 23.6 Å². The molecular formula is C17H18N4O6. The Morgan fingerprint density at radius 1 is 1.41 bits per heavy atom. The normalized spacial score (nSPS) is 17.7. The number of furan rings is 1. The van der Waals surface area contributed by atoms with Crippen molar-refractivity contribution in [2.24, 2.45) is 0 Å². The van der Waals surface area contributed by atoms with Crippen LogP contribution in [0.3, 0.4) is 0 Å². The van der Waals surface area contributed by atoms with Crippen LogP contribution < -0.4 is 0 Å². The van der Waals surface area contributed by atoms with Gasteiger partial charge < -0.3 is 28.7 Å². The number of rotatable bonds is 4. The second kappa shape index (κ2) is 6.54. The lowest BCUT2D eigenvalue weighted by atomic mass is 10.2. The smallest absolute Gasteiger partial charge is 0.341 e. The Labute approximate surface area is 153 Å². The van der Waals surface area contributed by atoms with Crippen LogP contribution in [0.25, 0.3) is 11.1 Å². The van der Waals surface area contributed by atoms with Crippen molar-refractivity contribution >= 4 is 23.0 Å². The zero-order valence-corrected chi connectivity index (χ0v) is 14.8. The van der Waals surface area contributed by atoms with E-state index in [-0.39, 0.29) is 35.2 Å². The van der Waals surface area contributed by atoms with Crippen molar-refractivity contribution in [3.8, 4) is 0 Å². The molecule has 1 unspecified atom stereocenters. The molecule has 1 amide bonds. The predicted octanol–water partition coefficient (Wildman–Crippen LogP) is 2.18. The standard InChI is InChI=1S/C17H18N4O6/c1-8(2)15-19-14(20-27-15)11-7-25-4-3-21(11)16(22)10-5-12-13(18-10)9(6-26-12)17(23)24/h5-6,8,11,18H,3-4,7H2,1-2H3,(H,23,24). The maximum Gasteiger partial charge on any atom is 0.341 e. The summed E-state index contributed by atoms with van der Waals surface area (Å²) < 4.78 is 16.0. The quantitative estimate of drug-likeness (QED) is 0.709. The summed E-state index contributed by atoms with van der Waals surface area (Å²) in [5.41, 5.74) is 0.785. The number of carboxylic acids is 1. The maximum atomic E-state index is 13.0. The lowest BCUT2D eigenvalue weighted by molar-refractivity contribution is -0.00602. The second-order valence-corrected chi connectivity index (χ2v) is 6.61. The first kappa shape index (κ1) is 17.3. The van der Waals surface area contributed by atoms with E-state index in [4.69, 9.17) is 13.7 Å². The summed E-state index contributed by atoms with van der Waals surface area (Å²) in [7, 11) is 0. The van der Waals surface area contributed by atoms with E-state index >= 15 is 0 Å². The fourth-order valence-corrected chi connectivity index (χ4v) is 3.02. The van der Waals surface area contributed by atoms with E-state index in [2.05, 4.69) is 15.1 Å². The second-order valence-electron chi connectivity index (χ2n) is 6.61. The number of amides is 1. The van der Waals surface area contributed by atoms with Crippen molar-refractivity contribution in [3.05, 3.63) is 35.3 Å². The van der Waals surface area contributed by atoms with Crippen LogP contribution in [-0.2, 0) is 4.74 Å². The van der Waals surface area contributed by atoms with Crippen LogP contribution in [0.5, 0.6) is 0 Å². The molecule has 3 aromatic heterocycles. The summed E-state index contributed by atoms with van der Waals surface area (Å²) in [5, 5.41) is 13.2. The van der Waals surface area contributed by atoms with E-state index in [0.717, 1.165) is 6.26 Å². The molecule has 0 spiro atoms. The van der Waals surface area contributed by atoms with Crippen molar-refractivity contribution in [2.75, 3.05) is 19.8 Å². The molecule has 142 valence electrons. The molecule has 4 heterocycles. The Morgan fingerprint density at radius 3 is 2.93 bits per heavy atom. The molecule has 0 radical (unpaired) electrons. The monoisotopic (exact) mass is 374 g/mol. The number of hydrogen-bond acceptors (Lipinski definition) is 7. The lowest BCUT2D eigenvalue weighted by Gasteiger charge is -2.33. The minimum Gasteiger partial charge on any atom is -0.477 e. The van der Waals surface area contributed by atoms with E-state index in [9.17, 15) is 14.7 Å². The number of morpholine rings is 1. The number of fused-ring (bicyclic) bond motifs is 1. The van der Waals surface area contributed by atoms with Gasteiger partial charge in [-0.05, 0) is 0 Å². The zero-order valence-electron chi connectivity index (χ0n) is 14.8. The average Bonchev–Trinajstić information content (AvgIpc) is 3.35. The summed E-state index contributed by atoms with van der Waals surface area (Å²) in [4.78, 5) is 33.1. The zero-order chi connectivity index (χ0) is 19.1. The highest BCUT2D eigenvalue weighted by Gasteiger charge is 2.34. The molecule has 1 aliphatic heterocycles. The molecular weight excluding hydrogens is 356 g/mol. The van der Waals surface area contributed by atoms with E-state index in [1.54, 1.807) is 4.90 Å². The Kier molecular flexibility index (Phi) is 4.19. The highest BCUT2D eigenvalue weighted by Crippen LogP contribution is 2.27. The third-order valence-electron chi connectivity index (χ3n) is 4.45. The van der Waals surface area contributed by atoms with E-state index < -0.39 is 12.0 Å². The van der Waals surface area contributed by atoms with Gasteiger partial charge in [0.05, 0.1) is 18.7 Å². The molecule has 1 fully saturated rings. The van der Waals surface area contributed by atoms with Crippen molar-refractivity contribution < 1.29 is 28.4 Å². The molecule has 10 heteroatoms. The van der Waals surface area contributed by atoms with Gasteiger partial charge in [-0.2, -0.15) is 4.98 Å². The SMILES string of the molecule is CC(C)c1nc(C2COCCN2C(=O)c2cc3occ(C(=O)O)c3[nH]2)no1. The van der Waals surface area contributed by atoms with Gasteiger partial charge in [0.15, 0.2) is 11.4 Å². The summed E-state index contributed by atoms with van der Waals surface area (Å²) in [6.07, 6.45) is 1.14. The van der Waals surface area contributed by atoms with Gasteiger partial charge in [0, 0.05) is 18.5 Å². The van der Waals surface area contributed by atoms with Gasteiger partial charge in [-0.1, -0.05) is 19.0 Å². The highest BCUT2D eigenvalue weighted by atomic mass is 16.5. The molecule has 1 aliphatic rings. The predicted molar refractivity (Wildman–Crippen MR) is 90.5 cm³/mol. The maximum absolute atomic E-state index is 13.0. The Hall–Kier alpha value is -3.14. The van der Waals surface area contributed by atoms with Gasteiger partial charge in [0.25, 0.3) is 5.91 Å². The number of aromatic amines is 1. The number of hydrogen-bond donors (Lipinski definition) is 2. The fraction of sp³-hybridized carbons (Fsp3) is 0.412. The summed E-state index contributed by atoms with van der Waals surface area (Å²) in [6.45, 7) is 4.85. The molecule has 0 saturated carbocycles. The molecule has 27 heavy (non-hydrogen) atoms. The van der Waals surface area contributed by atoms with Crippen LogP contribution in [0, 0.1) is 0 Å². The number of aromatic nitrogens is 3. The molecule has 1 atom stereocenters. The molecule has 1 saturated heterocycles. The molecule has 0 aromatic carbocycles. The number of nitrogens with one attached hydrogen (secondary N) is 1. The molecule has 3 aromatic rings. The van der Waals surface area contributed by atoms with Gasteiger partial charge in [-0.15, -0.1) is 0 Å². The first-order chi connectivity index (χ1) is 13.0.